The Hall–Kier alpha value is -1.01. The van der Waals surface area contributed by atoms with E-state index >= 15 is 0 Å². The van der Waals surface area contributed by atoms with Crippen molar-refractivity contribution in [1.29, 1.82) is 0 Å². The highest BCUT2D eigenvalue weighted by molar-refractivity contribution is 6.42. The predicted molar refractivity (Wildman–Crippen MR) is 88.0 cm³/mol. The minimum Gasteiger partial charge on any atom is -0.508 e. The fourth-order valence-electron chi connectivity index (χ4n) is 2.84. The van der Waals surface area contributed by atoms with Crippen molar-refractivity contribution in [3.05, 3.63) is 27.7 Å². The first-order valence-corrected chi connectivity index (χ1v) is 8.04. The first-order chi connectivity index (χ1) is 10.3. The van der Waals surface area contributed by atoms with Gasteiger partial charge in [-0.1, -0.05) is 23.2 Å². The van der Waals surface area contributed by atoms with Crippen molar-refractivity contribution < 1.29 is 9.90 Å². The maximum atomic E-state index is 11.9. The number of rotatable bonds is 3. The largest absolute Gasteiger partial charge is 0.508 e. The van der Waals surface area contributed by atoms with Crippen LogP contribution in [0.5, 0.6) is 5.75 Å². The third kappa shape index (κ3) is 3.66. The minimum absolute atomic E-state index is 0.0376. The molecule has 2 atom stereocenters. The van der Waals surface area contributed by atoms with Crippen LogP contribution in [0.4, 0.5) is 0 Å². The molecule has 0 aromatic heterocycles. The van der Waals surface area contributed by atoms with Gasteiger partial charge in [-0.25, -0.2) is 0 Å². The number of carbonyl (C=O) groups excluding carboxylic acids is 1. The zero-order valence-corrected chi connectivity index (χ0v) is 13.9. The van der Waals surface area contributed by atoms with Gasteiger partial charge < -0.3 is 21.5 Å². The lowest BCUT2D eigenvalue weighted by atomic mass is 9.85. The van der Waals surface area contributed by atoms with Gasteiger partial charge in [-0.2, -0.15) is 0 Å². The highest BCUT2D eigenvalue weighted by Crippen LogP contribution is 2.37. The average Bonchev–Trinajstić information content (AvgIpc) is 2.49. The summed E-state index contributed by atoms with van der Waals surface area (Å²) >= 11 is 11.9. The highest BCUT2D eigenvalue weighted by Gasteiger charge is 2.29. The number of phenols is 1. The summed E-state index contributed by atoms with van der Waals surface area (Å²) in [6.45, 7) is 2.94. The molecule has 2 rings (SSSR count). The fourth-order valence-corrected chi connectivity index (χ4v) is 3.17. The summed E-state index contributed by atoms with van der Waals surface area (Å²) in [4.78, 5) is 13.6. The van der Waals surface area contributed by atoms with E-state index in [0.29, 0.717) is 28.7 Å². The molecule has 5 nitrogen and oxygen atoms in total. The van der Waals surface area contributed by atoms with E-state index in [1.807, 2.05) is 0 Å². The monoisotopic (exact) mass is 345 g/mol. The average molecular weight is 346 g/mol. The van der Waals surface area contributed by atoms with E-state index in [9.17, 15) is 9.90 Å². The number of nitrogens with two attached hydrogens (primary N) is 2. The zero-order valence-electron chi connectivity index (χ0n) is 12.4. The third-order valence-electron chi connectivity index (χ3n) is 4.18. The van der Waals surface area contributed by atoms with E-state index in [4.69, 9.17) is 34.7 Å². The lowest BCUT2D eigenvalue weighted by Gasteiger charge is -2.35. The Labute approximate surface area is 140 Å². The van der Waals surface area contributed by atoms with Crippen LogP contribution in [0.15, 0.2) is 12.1 Å². The number of halogens is 2. The van der Waals surface area contributed by atoms with Gasteiger partial charge in [0.15, 0.2) is 0 Å². The molecule has 5 N–H and O–H groups in total. The fraction of sp³-hybridized carbons (Fsp3) is 0.533. The SMILES string of the molecule is C[C@H](N)C(=O)N1CCC(C(N)c2cc(Cl)c(Cl)cc2O)CC1. The van der Waals surface area contributed by atoms with Crippen LogP contribution in [0.1, 0.15) is 31.4 Å². The summed E-state index contributed by atoms with van der Waals surface area (Å²) in [5.74, 6) is 0.181. The summed E-state index contributed by atoms with van der Waals surface area (Å²) < 4.78 is 0. The van der Waals surface area contributed by atoms with Crippen LogP contribution >= 0.6 is 23.2 Å². The standard InChI is InChI=1S/C15H21Cl2N3O2/c1-8(18)15(22)20-4-2-9(3-5-20)14(19)10-6-11(16)12(17)7-13(10)21/h6-9,14,21H,2-5,18-19H2,1H3/t8-,14?/m0/s1. The van der Waals surface area contributed by atoms with Crippen LogP contribution in [0, 0.1) is 5.92 Å². The van der Waals surface area contributed by atoms with Crippen molar-refractivity contribution in [2.24, 2.45) is 17.4 Å². The molecule has 0 bridgehead atoms. The molecule has 1 amide bonds. The van der Waals surface area contributed by atoms with Crippen molar-refractivity contribution in [2.45, 2.75) is 31.8 Å². The minimum atomic E-state index is -0.482. The summed E-state index contributed by atoms with van der Waals surface area (Å²) in [5, 5.41) is 10.7. The Morgan fingerprint density at radius 2 is 1.82 bits per heavy atom. The Kier molecular flexibility index (Phi) is 5.55. The van der Waals surface area contributed by atoms with Crippen molar-refractivity contribution in [2.75, 3.05) is 13.1 Å². The summed E-state index contributed by atoms with van der Waals surface area (Å²) in [6, 6.07) is 2.20. The van der Waals surface area contributed by atoms with Crippen molar-refractivity contribution in [1.82, 2.24) is 4.90 Å². The second-order valence-corrected chi connectivity index (χ2v) is 6.62. The van der Waals surface area contributed by atoms with E-state index in [0.717, 1.165) is 12.8 Å². The number of carbonyl (C=O) groups is 1. The molecular formula is C15H21Cl2N3O2. The first kappa shape index (κ1) is 17.3. The molecule has 22 heavy (non-hydrogen) atoms. The van der Waals surface area contributed by atoms with Crippen LogP contribution in [0.3, 0.4) is 0 Å². The predicted octanol–water partition coefficient (Wildman–Crippen LogP) is 2.28. The molecule has 122 valence electrons. The van der Waals surface area contributed by atoms with Gasteiger partial charge in [0.1, 0.15) is 5.75 Å². The third-order valence-corrected chi connectivity index (χ3v) is 4.90. The van der Waals surface area contributed by atoms with Crippen molar-refractivity contribution in [3.8, 4) is 5.75 Å². The highest BCUT2D eigenvalue weighted by atomic mass is 35.5. The molecule has 1 aromatic rings. The topological polar surface area (TPSA) is 92.6 Å². The van der Waals surface area contributed by atoms with Gasteiger partial charge in [0, 0.05) is 30.8 Å². The maximum Gasteiger partial charge on any atom is 0.239 e. The summed E-state index contributed by atoms with van der Waals surface area (Å²) in [7, 11) is 0. The smallest absolute Gasteiger partial charge is 0.239 e. The number of piperidine rings is 1. The van der Waals surface area contributed by atoms with Gasteiger partial charge in [-0.05, 0) is 31.7 Å². The molecular weight excluding hydrogens is 325 g/mol. The van der Waals surface area contributed by atoms with Crippen LogP contribution in [0.25, 0.3) is 0 Å². The molecule has 0 aliphatic carbocycles. The van der Waals surface area contributed by atoms with E-state index in [-0.39, 0.29) is 23.6 Å². The summed E-state index contributed by atoms with van der Waals surface area (Å²) in [5.41, 5.74) is 12.5. The second-order valence-electron chi connectivity index (χ2n) is 5.80. The number of nitrogens with zero attached hydrogens (tertiary/aromatic N) is 1. The van der Waals surface area contributed by atoms with Crippen molar-refractivity contribution >= 4 is 29.1 Å². The van der Waals surface area contributed by atoms with E-state index < -0.39 is 6.04 Å². The molecule has 0 radical (unpaired) electrons. The van der Waals surface area contributed by atoms with E-state index in [1.54, 1.807) is 17.9 Å². The Morgan fingerprint density at radius 3 is 2.36 bits per heavy atom. The Morgan fingerprint density at radius 1 is 1.27 bits per heavy atom. The molecule has 1 saturated heterocycles. The number of amides is 1. The Bertz CT molecular complexity index is 558. The van der Waals surface area contributed by atoms with Gasteiger partial charge >= 0.3 is 0 Å². The molecule has 7 heteroatoms. The van der Waals surface area contributed by atoms with Crippen LogP contribution in [-0.4, -0.2) is 35.0 Å². The molecule has 1 unspecified atom stereocenters. The number of benzene rings is 1. The normalized spacial score (nSPS) is 19.0. The molecule has 0 saturated carbocycles. The molecule has 1 fully saturated rings. The molecule has 1 aromatic carbocycles. The van der Waals surface area contributed by atoms with Gasteiger partial charge in [0.05, 0.1) is 16.1 Å². The number of hydrogen-bond acceptors (Lipinski definition) is 4. The van der Waals surface area contributed by atoms with Gasteiger partial charge in [-0.15, -0.1) is 0 Å². The Balaban J connectivity index is 2.05. The molecule has 1 aliphatic rings. The lowest BCUT2D eigenvalue weighted by Crippen LogP contribution is -2.47. The van der Waals surface area contributed by atoms with Gasteiger partial charge in [0.25, 0.3) is 0 Å². The van der Waals surface area contributed by atoms with Crippen molar-refractivity contribution in [3.63, 3.8) is 0 Å². The van der Waals surface area contributed by atoms with Gasteiger partial charge in [0.2, 0.25) is 5.91 Å². The molecule has 1 aliphatic heterocycles. The van der Waals surface area contributed by atoms with E-state index in [2.05, 4.69) is 0 Å². The first-order valence-electron chi connectivity index (χ1n) is 7.29. The summed E-state index contributed by atoms with van der Waals surface area (Å²) in [6.07, 6.45) is 1.53. The number of likely N-dealkylation sites (tertiary alicyclic amines) is 1. The lowest BCUT2D eigenvalue weighted by molar-refractivity contribution is -0.133. The number of phenolic OH excluding ortho intramolecular Hbond substituents is 1. The number of hydrogen-bond donors (Lipinski definition) is 3. The van der Waals surface area contributed by atoms with Crippen LogP contribution < -0.4 is 11.5 Å². The van der Waals surface area contributed by atoms with Gasteiger partial charge in [-0.3, -0.25) is 4.79 Å². The quantitative estimate of drug-likeness (QED) is 0.783. The van der Waals surface area contributed by atoms with E-state index in [1.165, 1.54) is 6.07 Å². The zero-order chi connectivity index (χ0) is 16.4. The van der Waals surface area contributed by atoms with Crippen LogP contribution in [0.2, 0.25) is 10.0 Å². The van der Waals surface area contributed by atoms with Crippen LogP contribution in [-0.2, 0) is 4.79 Å². The molecule has 0 spiro atoms. The molecule has 1 heterocycles. The number of aromatic hydroxyl groups is 1. The second kappa shape index (κ2) is 7.04. The maximum absolute atomic E-state index is 11.9.